The molecule has 0 saturated carbocycles. The molecule has 0 radical (unpaired) electrons. The maximum absolute atomic E-state index is 13.8. The highest BCUT2D eigenvalue weighted by molar-refractivity contribution is 5.63. The minimum absolute atomic E-state index is 0.175. The number of anilines is 2. The zero-order valence-corrected chi connectivity index (χ0v) is 10.7. The molecule has 19 heavy (non-hydrogen) atoms. The van der Waals surface area contributed by atoms with E-state index in [-0.39, 0.29) is 18.2 Å². The van der Waals surface area contributed by atoms with Crippen molar-refractivity contribution in [2.75, 3.05) is 11.4 Å². The lowest BCUT2D eigenvalue weighted by Crippen LogP contribution is -2.16. The highest BCUT2D eigenvalue weighted by atomic mass is 19.1. The molecule has 4 heteroatoms. The van der Waals surface area contributed by atoms with Gasteiger partial charge in [0.05, 0.1) is 0 Å². The Kier molecular flexibility index (Phi) is 4.12. The van der Waals surface area contributed by atoms with Crippen molar-refractivity contribution in [3.63, 3.8) is 0 Å². The van der Waals surface area contributed by atoms with Gasteiger partial charge in [0.1, 0.15) is 11.6 Å². The summed E-state index contributed by atoms with van der Waals surface area (Å²) in [6, 6.07) is 11.1. The van der Waals surface area contributed by atoms with Crippen molar-refractivity contribution in [1.82, 2.24) is 0 Å². The average Bonchev–Trinajstić information content (AvgIpc) is 2.42. The molecule has 0 unspecified atom stereocenters. The average molecular weight is 262 g/mol. The third-order valence-electron chi connectivity index (χ3n) is 3.02. The highest BCUT2D eigenvalue weighted by Crippen LogP contribution is 2.26. The number of hydrogen-bond acceptors (Lipinski definition) is 2. The quantitative estimate of drug-likeness (QED) is 0.912. The standard InChI is InChI=1S/C15H16F2N2/c1-2-19(13-7-4-12(16)5-8-13)14-6-3-11(10-18)15(17)9-14/h3-9H,2,10,18H2,1H3. The summed E-state index contributed by atoms with van der Waals surface area (Å²) < 4.78 is 26.7. The van der Waals surface area contributed by atoms with Crippen LogP contribution in [0.2, 0.25) is 0 Å². The zero-order chi connectivity index (χ0) is 13.8. The first-order chi connectivity index (χ1) is 9.15. The van der Waals surface area contributed by atoms with Crippen LogP contribution < -0.4 is 10.6 Å². The third kappa shape index (κ3) is 2.90. The van der Waals surface area contributed by atoms with Gasteiger partial charge in [-0.15, -0.1) is 0 Å². The Morgan fingerprint density at radius 1 is 1.00 bits per heavy atom. The van der Waals surface area contributed by atoms with Crippen molar-refractivity contribution in [1.29, 1.82) is 0 Å². The Balaban J connectivity index is 2.36. The van der Waals surface area contributed by atoms with Crippen LogP contribution in [0.3, 0.4) is 0 Å². The minimum atomic E-state index is -0.319. The predicted octanol–water partition coefficient (Wildman–Crippen LogP) is 3.58. The van der Waals surface area contributed by atoms with E-state index in [9.17, 15) is 8.78 Å². The summed E-state index contributed by atoms with van der Waals surface area (Å²) in [4.78, 5) is 1.91. The Labute approximate surface area is 111 Å². The molecule has 0 aliphatic heterocycles. The van der Waals surface area contributed by atoms with E-state index in [1.807, 2.05) is 17.9 Å². The van der Waals surface area contributed by atoms with Gasteiger partial charge in [-0.1, -0.05) is 6.07 Å². The van der Waals surface area contributed by atoms with Crippen LogP contribution in [0.1, 0.15) is 12.5 Å². The lowest BCUT2D eigenvalue weighted by Gasteiger charge is -2.23. The van der Waals surface area contributed by atoms with Crippen molar-refractivity contribution < 1.29 is 8.78 Å². The first-order valence-electron chi connectivity index (χ1n) is 6.17. The van der Waals surface area contributed by atoms with Crippen LogP contribution in [0.5, 0.6) is 0 Å². The summed E-state index contributed by atoms with van der Waals surface area (Å²) in [5.74, 6) is -0.606. The molecular formula is C15H16F2N2. The topological polar surface area (TPSA) is 29.3 Å². The van der Waals surface area contributed by atoms with Gasteiger partial charge in [0.2, 0.25) is 0 Å². The van der Waals surface area contributed by atoms with Crippen LogP contribution in [0.25, 0.3) is 0 Å². The first-order valence-corrected chi connectivity index (χ1v) is 6.17. The first kappa shape index (κ1) is 13.5. The summed E-state index contributed by atoms with van der Waals surface area (Å²) in [5, 5.41) is 0. The molecule has 0 spiro atoms. The molecule has 2 aromatic rings. The van der Waals surface area contributed by atoms with Gasteiger partial charge in [0.15, 0.2) is 0 Å². The number of nitrogens with zero attached hydrogens (tertiary/aromatic N) is 1. The van der Waals surface area contributed by atoms with Gasteiger partial charge in [0, 0.05) is 30.0 Å². The van der Waals surface area contributed by atoms with Crippen molar-refractivity contribution >= 4 is 11.4 Å². The summed E-state index contributed by atoms with van der Waals surface area (Å²) in [6.45, 7) is 2.79. The Morgan fingerprint density at radius 3 is 2.16 bits per heavy atom. The van der Waals surface area contributed by atoms with Gasteiger partial charge in [-0.05, 0) is 43.3 Å². The molecule has 0 bridgehead atoms. The normalized spacial score (nSPS) is 10.5. The van der Waals surface area contributed by atoms with Crippen molar-refractivity contribution in [2.45, 2.75) is 13.5 Å². The number of halogens is 2. The van der Waals surface area contributed by atoms with E-state index in [1.54, 1.807) is 18.2 Å². The second-order valence-corrected chi connectivity index (χ2v) is 4.20. The highest BCUT2D eigenvalue weighted by Gasteiger charge is 2.10. The largest absolute Gasteiger partial charge is 0.342 e. The van der Waals surface area contributed by atoms with E-state index < -0.39 is 0 Å². The van der Waals surface area contributed by atoms with Crippen LogP contribution in [0, 0.1) is 11.6 Å². The maximum Gasteiger partial charge on any atom is 0.129 e. The van der Waals surface area contributed by atoms with Gasteiger partial charge in [0.25, 0.3) is 0 Å². The molecule has 0 amide bonds. The SMILES string of the molecule is CCN(c1ccc(F)cc1)c1ccc(CN)c(F)c1. The van der Waals surface area contributed by atoms with Crippen LogP contribution in [0.4, 0.5) is 20.2 Å². The van der Waals surface area contributed by atoms with E-state index in [0.29, 0.717) is 12.1 Å². The number of rotatable bonds is 4. The fourth-order valence-electron chi connectivity index (χ4n) is 2.00. The van der Waals surface area contributed by atoms with Crippen LogP contribution in [0.15, 0.2) is 42.5 Å². The predicted molar refractivity (Wildman–Crippen MR) is 73.4 cm³/mol. The van der Waals surface area contributed by atoms with Crippen LogP contribution in [-0.2, 0) is 6.54 Å². The summed E-state index contributed by atoms with van der Waals surface area (Å²) in [6.07, 6.45) is 0. The van der Waals surface area contributed by atoms with E-state index in [2.05, 4.69) is 0 Å². The van der Waals surface area contributed by atoms with Crippen molar-refractivity contribution in [2.24, 2.45) is 5.73 Å². The molecule has 0 aromatic heterocycles. The molecule has 0 atom stereocenters. The molecule has 2 N–H and O–H groups in total. The molecule has 0 saturated heterocycles. The van der Waals surface area contributed by atoms with E-state index in [4.69, 9.17) is 5.73 Å². The van der Waals surface area contributed by atoms with Gasteiger partial charge >= 0.3 is 0 Å². The van der Waals surface area contributed by atoms with E-state index in [0.717, 1.165) is 11.4 Å². The second-order valence-electron chi connectivity index (χ2n) is 4.20. The number of hydrogen-bond donors (Lipinski definition) is 1. The Morgan fingerprint density at radius 2 is 1.63 bits per heavy atom. The molecular weight excluding hydrogens is 246 g/mol. The fraction of sp³-hybridized carbons (Fsp3) is 0.200. The van der Waals surface area contributed by atoms with Crippen LogP contribution >= 0.6 is 0 Å². The van der Waals surface area contributed by atoms with Gasteiger partial charge in [-0.25, -0.2) is 8.78 Å². The molecule has 0 aliphatic carbocycles. The summed E-state index contributed by atoms with van der Waals surface area (Å²) in [5.41, 5.74) is 7.48. The fourth-order valence-corrected chi connectivity index (χ4v) is 2.00. The number of nitrogens with two attached hydrogens (primary N) is 1. The lowest BCUT2D eigenvalue weighted by molar-refractivity contribution is 0.610. The molecule has 0 fully saturated rings. The van der Waals surface area contributed by atoms with Gasteiger partial charge in [-0.3, -0.25) is 0 Å². The zero-order valence-electron chi connectivity index (χ0n) is 10.7. The Bertz CT molecular complexity index is 553. The molecule has 0 heterocycles. The molecule has 2 rings (SSSR count). The summed E-state index contributed by atoms with van der Waals surface area (Å²) in [7, 11) is 0. The third-order valence-corrected chi connectivity index (χ3v) is 3.02. The molecule has 2 nitrogen and oxygen atoms in total. The molecule has 0 aliphatic rings. The smallest absolute Gasteiger partial charge is 0.129 e. The molecule has 2 aromatic carbocycles. The second kappa shape index (κ2) is 5.80. The van der Waals surface area contributed by atoms with Crippen molar-refractivity contribution in [3.05, 3.63) is 59.7 Å². The lowest BCUT2D eigenvalue weighted by atomic mass is 10.1. The maximum atomic E-state index is 13.8. The Hall–Kier alpha value is -1.94. The van der Waals surface area contributed by atoms with Gasteiger partial charge in [-0.2, -0.15) is 0 Å². The van der Waals surface area contributed by atoms with Crippen LogP contribution in [-0.4, -0.2) is 6.54 Å². The van der Waals surface area contributed by atoms with E-state index in [1.165, 1.54) is 18.2 Å². The minimum Gasteiger partial charge on any atom is -0.342 e. The monoisotopic (exact) mass is 262 g/mol. The van der Waals surface area contributed by atoms with Gasteiger partial charge < -0.3 is 10.6 Å². The number of benzene rings is 2. The van der Waals surface area contributed by atoms with Crippen molar-refractivity contribution in [3.8, 4) is 0 Å². The summed E-state index contributed by atoms with van der Waals surface area (Å²) >= 11 is 0. The van der Waals surface area contributed by atoms with E-state index >= 15 is 0 Å². The molecule has 100 valence electrons.